The highest BCUT2D eigenvalue weighted by molar-refractivity contribution is 5.76. The Kier molecular flexibility index (Phi) is 5.25. The first kappa shape index (κ1) is 16.9. The molecular formula is C15H21N5O3. The molecule has 0 aliphatic heterocycles. The van der Waals surface area contributed by atoms with Crippen molar-refractivity contribution in [2.45, 2.75) is 39.5 Å². The molecule has 0 saturated heterocycles. The molecule has 124 valence electrons. The Hall–Kier alpha value is -2.51. The van der Waals surface area contributed by atoms with Crippen LogP contribution < -0.4 is 0 Å². The molecule has 0 saturated carbocycles. The van der Waals surface area contributed by atoms with Gasteiger partial charge in [-0.3, -0.25) is 9.59 Å². The third kappa shape index (κ3) is 4.02. The van der Waals surface area contributed by atoms with Gasteiger partial charge in [0.15, 0.2) is 0 Å². The first-order valence-electron chi connectivity index (χ1n) is 7.51. The smallest absolute Gasteiger partial charge is 0.303 e. The zero-order valence-corrected chi connectivity index (χ0v) is 13.6. The van der Waals surface area contributed by atoms with Crippen molar-refractivity contribution < 1.29 is 14.7 Å². The van der Waals surface area contributed by atoms with Crippen LogP contribution in [0, 0.1) is 13.8 Å². The van der Waals surface area contributed by atoms with Crippen LogP contribution in [-0.2, 0) is 16.0 Å². The standard InChI is InChI=1S/C15H21N5O3/c1-10-12(11(2)20-15(18-10)16-9-17-20)6-7-13(21)19(3)8-4-5-14(22)23/h9H,4-8H2,1-3H3,(H,22,23). The molecule has 0 spiro atoms. The van der Waals surface area contributed by atoms with E-state index in [4.69, 9.17) is 5.11 Å². The fourth-order valence-corrected chi connectivity index (χ4v) is 2.53. The number of carbonyl (C=O) groups is 2. The molecule has 1 N–H and O–H groups in total. The summed E-state index contributed by atoms with van der Waals surface area (Å²) in [6.45, 7) is 4.29. The average molecular weight is 319 g/mol. The summed E-state index contributed by atoms with van der Waals surface area (Å²) in [5, 5.41) is 12.8. The van der Waals surface area contributed by atoms with Gasteiger partial charge in [-0.15, -0.1) is 0 Å². The van der Waals surface area contributed by atoms with Crippen LogP contribution in [0.5, 0.6) is 0 Å². The lowest BCUT2D eigenvalue weighted by atomic mass is 10.1. The number of nitrogens with zero attached hydrogens (tertiary/aromatic N) is 5. The predicted octanol–water partition coefficient (Wildman–Crippen LogP) is 0.997. The highest BCUT2D eigenvalue weighted by Gasteiger charge is 2.14. The minimum absolute atomic E-state index is 0.00660. The van der Waals surface area contributed by atoms with Crippen molar-refractivity contribution in [3.63, 3.8) is 0 Å². The van der Waals surface area contributed by atoms with Gasteiger partial charge in [0.25, 0.3) is 5.78 Å². The first-order chi connectivity index (χ1) is 10.9. The molecule has 23 heavy (non-hydrogen) atoms. The summed E-state index contributed by atoms with van der Waals surface area (Å²) in [6, 6.07) is 0. The molecule has 2 aromatic heterocycles. The highest BCUT2D eigenvalue weighted by Crippen LogP contribution is 2.15. The van der Waals surface area contributed by atoms with E-state index in [0.717, 1.165) is 17.0 Å². The Labute approximate surface area is 134 Å². The summed E-state index contributed by atoms with van der Waals surface area (Å²) in [5.74, 6) is -0.293. The second-order valence-corrected chi connectivity index (χ2v) is 5.55. The van der Waals surface area contributed by atoms with Crippen LogP contribution in [-0.4, -0.2) is 55.1 Å². The highest BCUT2D eigenvalue weighted by atomic mass is 16.4. The third-order valence-electron chi connectivity index (χ3n) is 3.89. The molecule has 8 nitrogen and oxygen atoms in total. The van der Waals surface area contributed by atoms with Gasteiger partial charge in [-0.1, -0.05) is 0 Å². The Morgan fingerprint density at radius 3 is 2.74 bits per heavy atom. The molecule has 2 aromatic rings. The summed E-state index contributed by atoms with van der Waals surface area (Å²) in [5.41, 5.74) is 2.78. The molecule has 0 aliphatic carbocycles. The second-order valence-electron chi connectivity index (χ2n) is 5.55. The number of carboxylic acids is 1. The topological polar surface area (TPSA) is 101 Å². The van der Waals surface area contributed by atoms with Gasteiger partial charge in [0.2, 0.25) is 5.91 Å². The van der Waals surface area contributed by atoms with Crippen molar-refractivity contribution >= 4 is 17.7 Å². The van der Waals surface area contributed by atoms with Crippen molar-refractivity contribution in [1.29, 1.82) is 0 Å². The SMILES string of the molecule is Cc1nc2ncnn2c(C)c1CCC(=O)N(C)CCCC(=O)O. The summed E-state index contributed by atoms with van der Waals surface area (Å²) < 4.78 is 1.67. The maximum Gasteiger partial charge on any atom is 0.303 e. The van der Waals surface area contributed by atoms with Crippen LogP contribution in [0.2, 0.25) is 0 Å². The minimum Gasteiger partial charge on any atom is -0.481 e. The Morgan fingerprint density at radius 1 is 1.30 bits per heavy atom. The molecule has 0 unspecified atom stereocenters. The largest absolute Gasteiger partial charge is 0.481 e. The van der Waals surface area contributed by atoms with Crippen molar-refractivity contribution in [3.05, 3.63) is 23.3 Å². The van der Waals surface area contributed by atoms with Crippen molar-refractivity contribution in [2.24, 2.45) is 0 Å². The van der Waals surface area contributed by atoms with Crippen LogP contribution >= 0.6 is 0 Å². The minimum atomic E-state index is -0.843. The number of amides is 1. The molecule has 2 rings (SSSR count). The van der Waals surface area contributed by atoms with Crippen LogP contribution in [0.1, 0.15) is 36.2 Å². The van der Waals surface area contributed by atoms with E-state index in [2.05, 4.69) is 15.1 Å². The number of carboxylic acid groups (broad SMARTS) is 1. The summed E-state index contributed by atoms with van der Waals surface area (Å²) >= 11 is 0. The average Bonchev–Trinajstić information content (AvgIpc) is 2.94. The summed E-state index contributed by atoms with van der Waals surface area (Å²) in [6.07, 6.45) is 2.92. The molecule has 8 heteroatoms. The van der Waals surface area contributed by atoms with E-state index in [9.17, 15) is 9.59 Å². The number of aryl methyl sites for hydroxylation is 2. The molecule has 1 amide bonds. The molecule has 2 heterocycles. The van der Waals surface area contributed by atoms with Crippen LogP contribution in [0.15, 0.2) is 6.33 Å². The number of fused-ring (bicyclic) bond motifs is 1. The maximum atomic E-state index is 12.2. The second kappa shape index (κ2) is 7.17. The lowest BCUT2D eigenvalue weighted by molar-refractivity contribution is -0.138. The van der Waals surface area contributed by atoms with E-state index >= 15 is 0 Å². The van der Waals surface area contributed by atoms with E-state index in [0.29, 0.717) is 31.6 Å². The number of carbonyl (C=O) groups excluding carboxylic acids is 1. The monoisotopic (exact) mass is 319 g/mol. The van der Waals surface area contributed by atoms with Crippen molar-refractivity contribution in [3.8, 4) is 0 Å². The van der Waals surface area contributed by atoms with Crippen LogP contribution in [0.4, 0.5) is 0 Å². The van der Waals surface area contributed by atoms with Crippen LogP contribution in [0.3, 0.4) is 0 Å². The number of hydrogen-bond donors (Lipinski definition) is 1. The molecular weight excluding hydrogens is 298 g/mol. The predicted molar refractivity (Wildman–Crippen MR) is 83.1 cm³/mol. The Bertz CT molecular complexity index is 725. The van der Waals surface area contributed by atoms with E-state index in [1.54, 1.807) is 16.5 Å². The Balaban J connectivity index is 1.97. The third-order valence-corrected chi connectivity index (χ3v) is 3.89. The maximum absolute atomic E-state index is 12.2. The fourth-order valence-electron chi connectivity index (χ4n) is 2.53. The van der Waals surface area contributed by atoms with E-state index < -0.39 is 5.97 Å². The summed E-state index contributed by atoms with van der Waals surface area (Å²) in [7, 11) is 1.70. The lowest BCUT2D eigenvalue weighted by Crippen LogP contribution is -2.28. The fraction of sp³-hybridized carbons (Fsp3) is 0.533. The zero-order valence-electron chi connectivity index (χ0n) is 13.6. The van der Waals surface area contributed by atoms with Gasteiger partial charge in [-0.05, 0) is 32.3 Å². The van der Waals surface area contributed by atoms with Crippen molar-refractivity contribution in [1.82, 2.24) is 24.5 Å². The van der Waals surface area contributed by atoms with Crippen molar-refractivity contribution in [2.75, 3.05) is 13.6 Å². The number of rotatable bonds is 7. The van der Waals surface area contributed by atoms with Crippen LogP contribution in [0.25, 0.3) is 5.78 Å². The molecule has 0 aliphatic rings. The van der Waals surface area contributed by atoms with Gasteiger partial charge < -0.3 is 10.0 Å². The molecule has 0 aromatic carbocycles. The molecule has 0 atom stereocenters. The molecule has 0 radical (unpaired) electrons. The van der Waals surface area contributed by atoms with Gasteiger partial charge in [-0.2, -0.15) is 10.1 Å². The number of hydrogen-bond acceptors (Lipinski definition) is 5. The zero-order chi connectivity index (χ0) is 17.0. The van der Waals surface area contributed by atoms with Gasteiger partial charge in [0.05, 0.1) is 0 Å². The normalized spacial score (nSPS) is 10.9. The Morgan fingerprint density at radius 2 is 2.04 bits per heavy atom. The number of aliphatic carboxylic acids is 1. The number of aromatic nitrogens is 4. The van der Waals surface area contributed by atoms with E-state index in [-0.39, 0.29) is 12.3 Å². The van der Waals surface area contributed by atoms with Gasteiger partial charge >= 0.3 is 5.97 Å². The van der Waals surface area contributed by atoms with E-state index in [1.807, 2.05) is 13.8 Å². The molecule has 0 fully saturated rings. The molecule has 0 bridgehead atoms. The van der Waals surface area contributed by atoms with E-state index in [1.165, 1.54) is 6.33 Å². The first-order valence-corrected chi connectivity index (χ1v) is 7.51. The lowest BCUT2D eigenvalue weighted by Gasteiger charge is -2.17. The van der Waals surface area contributed by atoms with Gasteiger partial charge in [0.1, 0.15) is 6.33 Å². The van der Waals surface area contributed by atoms with Gasteiger partial charge in [0, 0.05) is 37.8 Å². The van der Waals surface area contributed by atoms with Gasteiger partial charge in [-0.25, -0.2) is 9.50 Å². The summed E-state index contributed by atoms with van der Waals surface area (Å²) in [4.78, 5) is 32.7. The quantitative estimate of drug-likeness (QED) is 0.817.